The normalized spacial score (nSPS) is 10.6. The molecular formula is C28H29ClN4O6. The zero-order chi connectivity index (χ0) is 28.2. The van der Waals surface area contributed by atoms with Crippen LogP contribution in [0.25, 0.3) is 0 Å². The summed E-state index contributed by atoms with van der Waals surface area (Å²) in [5.41, 5.74) is 4.71. The van der Waals surface area contributed by atoms with Gasteiger partial charge in [0.2, 0.25) is 0 Å². The van der Waals surface area contributed by atoms with E-state index in [4.69, 9.17) is 25.8 Å². The van der Waals surface area contributed by atoms with E-state index in [0.29, 0.717) is 35.9 Å². The van der Waals surface area contributed by atoms with E-state index in [1.165, 1.54) is 12.3 Å². The fraction of sp³-hybridized carbons (Fsp3) is 0.214. The van der Waals surface area contributed by atoms with Crippen LogP contribution in [0.2, 0.25) is 5.02 Å². The standard InChI is InChI=1S/C28H29ClN4O6/c1-4-37-23-9-7-6-8-22(23)32-27(35)28(36)33-30-16-19-14-21(29)26(24(15-19)38-5-2)39-17-25(34)31-20-12-10-18(3)11-13-20/h6-16H,4-5,17H2,1-3H3,(H,31,34)(H,32,35)(H,33,36)/b30-16-. The van der Waals surface area contributed by atoms with E-state index in [1.807, 2.05) is 26.0 Å². The predicted molar refractivity (Wildman–Crippen MR) is 150 cm³/mol. The smallest absolute Gasteiger partial charge is 0.329 e. The summed E-state index contributed by atoms with van der Waals surface area (Å²) in [5.74, 6) is -1.35. The lowest BCUT2D eigenvalue weighted by atomic mass is 10.2. The number of ether oxygens (including phenoxy) is 3. The van der Waals surface area contributed by atoms with Gasteiger partial charge in [-0.1, -0.05) is 41.4 Å². The summed E-state index contributed by atoms with van der Waals surface area (Å²) in [4.78, 5) is 36.8. The zero-order valence-corrected chi connectivity index (χ0v) is 22.5. The fourth-order valence-corrected chi connectivity index (χ4v) is 3.56. The molecule has 11 heteroatoms. The quantitative estimate of drug-likeness (QED) is 0.182. The number of para-hydroxylation sites is 2. The van der Waals surface area contributed by atoms with Crippen LogP contribution >= 0.6 is 11.6 Å². The summed E-state index contributed by atoms with van der Waals surface area (Å²) < 4.78 is 16.7. The Bertz CT molecular complexity index is 1340. The van der Waals surface area contributed by atoms with Crippen LogP contribution in [-0.2, 0) is 14.4 Å². The first-order chi connectivity index (χ1) is 18.8. The highest BCUT2D eigenvalue weighted by Crippen LogP contribution is 2.36. The number of hydrazone groups is 1. The molecule has 0 radical (unpaired) electrons. The third kappa shape index (κ3) is 8.75. The summed E-state index contributed by atoms with van der Waals surface area (Å²) in [6.45, 7) is 5.97. The fourth-order valence-electron chi connectivity index (χ4n) is 3.28. The molecule has 0 fully saturated rings. The van der Waals surface area contributed by atoms with E-state index >= 15 is 0 Å². The van der Waals surface area contributed by atoms with Crippen LogP contribution in [0.3, 0.4) is 0 Å². The highest BCUT2D eigenvalue weighted by Gasteiger charge is 2.16. The molecule has 0 atom stereocenters. The van der Waals surface area contributed by atoms with Gasteiger partial charge in [0.05, 0.1) is 30.1 Å². The van der Waals surface area contributed by atoms with Crippen LogP contribution in [-0.4, -0.2) is 43.8 Å². The van der Waals surface area contributed by atoms with Crippen molar-refractivity contribution in [3.8, 4) is 17.2 Å². The Hall–Kier alpha value is -4.57. The SMILES string of the molecule is CCOc1ccccc1NC(=O)C(=O)N/N=C\c1cc(Cl)c(OCC(=O)Nc2ccc(C)cc2)c(OCC)c1. The van der Waals surface area contributed by atoms with Crippen molar-refractivity contribution in [2.45, 2.75) is 20.8 Å². The minimum Gasteiger partial charge on any atom is -0.492 e. The Balaban J connectivity index is 1.61. The number of rotatable bonds is 11. The topological polar surface area (TPSA) is 127 Å². The van der Waals surface area contributed by atoms with Crippen LogP contribution < -0.4 is 30.3 Å². The molecule has 0 aliphatic heterocycles. The van der Waals surface area contributed by atoms with Crippen LogP contribution in [0, 0.1) is 6.92 Å². The van der Waals surface area contributed by atoms with Crippen molar-refractivity contribution in [2.24, 2.45) is 5.10 Å². The number of amides is 3. The summed E-state index contributed by atoms with van der Waals surface area (Å²) in [6.07, 6.45) is 1.29. The van der Waals surface area contributed by atoms with Gasteiger partial charge >= 0.3 is 11.8 Å². The second kappa shape index (κ2) is 14.4. The number of hydrogen-bond acceptors (Lipinski definition) is 7. The first-order valence-electron chi connectivity index (χ1n) is 12.1. The largest absolute Gasteiger partial charge is 0.492 e. The number of carbonyl (C=O) groups excluding carboxylic acids is 3. The average Bonchev–Trinajstić information content (AvgIpc) is 2.91. The van der Waals surface area contributed by atoms with Crippen LogP contribution in [0.15, 0.2) is 65.8 Å². The van der Waals surface area contributed by atoms with E-state index in [2.05, 4.69) is 21.2 Å². The molecule has 0 heterocycles. The van der Waals surface area contributed by atoms with Gasteiger partial charge in [-0.05, 0) is 62.7 Å². The Morgan fingerprint density at radius 3 is 2.28 bits per heavy atom. The zero-order valence-electron chi connectivity index (χ0n) is 21.7. The highest BCUT2D eigenvalue weighted by molar-refractivity contribution is 6.39. The van der Waals surface area contributed by atoms with Crippen molar-refractivity contribution in [3.63, 3.8) is 0 Å². The number of nitrogens with zero attached hydrogens (tertiary/aromatic N) is 1. The van der Waals surface area contributed by atoms with Gasteiger partial charge in [-0.25, -0.2) is 5.43 Å². The van der Waals surface area contributed by atoms with Crippen molar-refractivity contribution in [3.05, 3.63) is 76.8 Å². The Morgan fingerprint density at radius 2 is 1.56 bits per heavy atom. The number of nitrogens with one attached hydrogen (secondary N) is 3. The molecule has 0 saturated heterocycles. The Kier molecular flexibility index (Phi) is 10.7. The molecule has 3 aromatic carbocycles. The van der Waals surface area contributed by atoms with Crippen molar-refractivity contribution in [1.29, 1.82) is 0 Å². The van der Waals surface area contributed by atoms with Crippen molar-refractivity contribution in [2.75, 3.05) is 30.5 Å². The maximum Gasteiger partial charge on any atom is 0.329 e. The van der Waals surface area contributed by atoms with Crippen LogP contribution in [0.4, 0.5) is 11.4 Å². The lowest BCUT2D eigenvalue weighted by Crippen LogP contribution is -2.32. The minimum absolute atomic E-state index is 0.169. The predicted octanol–water partition coefficient (Wildman–Crippen LogP) is 4.55. The van der Waals surface area contributed by atoms with E-state index in [-0.39, 0.29) is 29.0 Å². The molecule has 0 aliphatic rings. The highest BCUT2D eigenvalue weighted by atomic mass is 35.5. The lowest BCUT2D eigenvalue weighted by molar-refractivity contribution is -0.136. The molecule has 3 aromatic rings. The average molecular weight is 553 g/mol. The Morgan fingerprint density at radius 1 is 0.872 bits per heavy atom. The lowest BCUT2D eigenvalue weighted by Gasteiger charge is -2.14. The molecule has 39 heavy (non-hydrogen) atoms. The number of anilines is 2. The number of benzene rings is 3. The molecule has 3 amide bonds. The summed E-state index contributed by atoms with van der Waals surface area (Å²) in [6, 6.07) is 17.2. The van der Waals surface area contributed by atoms with E-state index in [0.717, 1.165) is 5.56 Å². The van der Waals surface area contributed by atoms with Gasteiger partial charge in [0.1, 0.15) is 5.75 Å². The minimum atomic E-state index is -0.978. The third-order valence-corrected chi connectivity index (χ3v) is 5.32. The molecule has 10 nitrogen and oxygen atoms in total. The van der Waals surface area contributed by atoms with Gasteiger partial charge in [0, 0.05) is 5.69 Å². The van der Waals surface area contributed by atoms with Gasteiger partial charge in [-0.3, -0.25) is 14.4 Å². The second-order valence-corrected chi connectivity index (χ2v) is 8.46. The summed E-state index contributed by atoms with van der Waals surface area (Å²) in [7, 11) is 0. The van der Waals surface area contributed by atoms with Gasteiger partial charge in [0.25, 0.3) is 5.91 Å². The molecule has 0 saturated carbocycles. The van der Waals surface area contributed by atoms with E-state index < -0.39 is 11.8 Å². The molecule has 3 N–H and O–H groups in total. The first kappa shape index (κ1) is 29.0. The summed E-state index contributed by atoms with van der Waals surface area (Å²) in [5, 5.41) is 9.23. The number of aryl methyl sites for hydroxylation is 1. The van der Waals surface area contributed by atoms with Crippen molar-refractivity contribution in [1.82, 2.24) is 5.43 Å². The second-order valence-electron chi connectivity index (χ2n) is 8.05. The molecule has 0 unspecified atom stereocenters. The molecule has 204 valence electrons. The van der Waals surface area contributed by atoms with E-state index in [1.54, 1.807) is 49.4 Å². The number of hydrogen-bond donors (Lipinski definition) is 3. The molecule has 0 aliphatic carbocycles. The third-order valence-electron chi connectivity index (χ3n) is 5.04. The van der Waals surface area contributed by atoms with Crippen LogP contribution in [0.5, 0.6) is 17.2 Å². The summed E-state index contributed by atoms with van der Waals surface area (Å²) >= 11 is 6.39. The van der Waals surface area contributed by atoms with Crippen molar-refractivity contribution >= 4 is 46.9 Å². The van der Waals surface area contributed by atoms with Gasteiger partial charge < -0.3 is 24.8 Å². The molecular weight excluding hydrogens is 524 g/mol. The van der Waals surface area contributed by atoms with Gasteiger partial charge in [-0.2, -0.15) is 5.10 Å². The number of carbonyl (C=O) groups is 3. The first-order valence-corrected chi connectivity index (χ1v) is 12.5. The molecule has 0 spiro atoms. The Labute approximate surface area is 231 Å². The molecule has 0 bridgehead atoms. The van der Waals surface area contributed by atoms with Crippen LogP contribution in [0.1, 0.15) is 25.0 Å². The molecule has 0 aromatic heterocycles. The maximum atomic E-state index is 12.3. The van der Waals surface area contributed by atoms with E-state index in [9.17, 15) is 14.4 Å². The van der Waals surface area contributed by atoms with Crippen molar-refractivity contribution < 1.29 is 28.6 Å². The van der Waals surface area contributed by atoms with Gasteiger partial charge in [-0.15, -0.1) is 0 Å². The molecule has 3 rings (SSSR count). The number of halogens is 1. The monoisotopic (exact) mass is 552 g/mol. The van der Waals surface area contributed by atoms with Gasteiger partial charge in [0.15, 0.2) is 18.1 Å². The maximum absolute atomic E-state index is 12.3.